The van der Waals surface area contributed by atoms with Gasteiger partial charge in [-0.3, -0.25) is 9.59 Å². The van der Waals surface area contributed by atoms with Gasteiger partial charge < -0.3 is 21.7 Å². The number of nitrogens with zero attached hydrogens (tertiary/aromatic N) is 1. The Morgan fingerprint density at radius 2 is 1.95 bits per heavy atom. The second-order valence-corrected chi connectivity index (χ2v) is 4.18. The highest BCUT2D eigenvalue weighted by atomic mass is 19.1. The number of amides is 1. The molecule has 2 rings (SSSR count). The molecule has 0 bridgehead atoms. The molecule has 0 aliphatic rings. The Kier molecular flexibility index (Phi) is 5.53. The van der Waals surface area contributed by atoms with Crippen molar-refractivity contribution in [1.82, 2.24) is 16.5 Å². The monoisotopic (exact) mass is 307 g/mol. The van der Waals surface area contributed by atoms with E-state index in [0.29, 0.717) is 11.1 Å². The average Bonchev–Trinajstić information content (AvgIpc) is 2.44. The van der Waals surface area contributed by atoms with Crippen molar-refractivity contribution in [2.45, 2.75) is 0 Å². The number of carbonyl (C=O) groups excluding carboxylic acids is 1. The van der Waals surface area contributed by atoms with E-state index in [2.05, 4.69) is 10.3 Å². The normalized spacial score (nSPS) is 9.68. The molecule has 0 aliphatic heterocycles. The fraction of sp³-hybridized carbons (Fsp3) is 0.0714. The molecule has 0 spiro atoms. The number of carboxylic acid groups (broad SMARTS) is 1. The summed E-state index contributed by atoms with van der Waals surface area (Å²) in [6.45, 7) is -0.578. The second kappa shape index (κ2) is 7.14. The van der Waals surface area contributed by atoms with Gasteiger partial charge in [-0.25, -0.2) is 9.37 Å². The maximum Gasteiger partial charge on any atom is 0.322 e. The lowest BCUT2D eigenvalue weighted by atomic mass is 10.1. The third-order valence-corrected chi connectivity index (χ3v) is 2.64. The lowest BCUT2D eigenvalue weighted by Crippen LogP contribution is -2.29. The molecule has 0 fully saturated rings. The van der Waals surface area contributed by atoms with Gasteiger partial charge in [0.05, 0.1) is 0 Å². The third kappa shape index (κ3) is 4.00. The average molecular weight is 307 g/mol. The predicted molar refractivity (Wildman–Crippen MR) is 76.3 cm³/mol. The van der Waals surface area contributed by atoms with Crippen LogP contribution in [0.4, 0.5) is 4.39 Å². The molecule has 6 N–H and O–H groups in total. The van der Waals surface area contributed by atoms with Gasteiger partial charge in [0.25, 0.3) is 5.91 Å². The predicted octanol–water partition coefficient (Wildman–Crippen LogP) is 1.57. The molecule has 1 aromatic carbocycles. The number of benzene rings is 1. The minimum Gasteiger partial charge on any atom is -0.505 e. The van der Waals surface area contributed by atoms with Crippen LogP contribution in [0.1, 0.15) is 10.5 Å². The standard InChI is InChI=1S/C14H11FN2O4.H3N/c15-10-3-1-2-8(4-10)9-5-11(18)13(16-6-9)14(21)17-7-12(19)20;/h1-6,18H,7H2,(H,17,21)(H,19,20);1H3. The summed E-state index contributed by atoms with van der Waals surface area (Å²) in [5.74, 6) is -2.87. The van der Waals surface area contributed by atoms with Crippen LogP contribution < -0.4 is 11.5 Å². The first-order valence-corrected chi connectivity index (χ1v) is 5.92. The van der Waals surface area contributed by atoms with Gasteiger partial charge in [-0.2, -0.15) is 0 Å². The highest BCUT2D eigenvalue weighted by Crippen LogP contribution is 2.25. The van der Waals surface area contributed by atoms with Gasteiger partial charge in [-0.05, 0) is 23.8 Å². The summed E-state index contributed by atoms with van der Waals surface area (Å²) in [5.41, 5.74) is 0.633. The van der Waals surface area contributed by atoms with Crippen LogP contribution in [-0.2, 0) is 4.79 Å². The molecule has 1 amide bonds. The molecule has 116 valence electrons. The van der Waals surface area contributed by atoms with E-state index >= 15 is 0 Å². The van der Waals surface area contributed by atoms with E-state index in [1.165, 1.54) is 30.5 Å². The van der Waals surface area contributed by atoms with Crippen molar-refractivity contribution in [2.24, 2.45) is 0 Å². The zero-order valence-corrected chi connectivity index (χ0v) is 11.4. The molecule has 0 radical (unpaired) electrons. The number of hydrogen-bond donors (Lipinski definition) is 4. The molecule has 0 saturated carbocycles. The molecule has 0 aliphatic carbocycles. The van der Waals surface area contributed by atoms with Crippen LogP contribution in [0.3, 0.4) is 0 Å². The van der Waals surface area contributed by atoms with E-state index in [9.17, 15) is 19.1 Å². The van der Waals surface area contributed by atoms with E-state index < -0.39 is 30.0 Å². The van der Waals surface area contributed by atoms with Crippen LogP contribution in [0.2, 0.25) is 0 Å². The number of aliphatic carboxylic acids is 1. The Hall–Kier alpha value is -3.00. The fourth-order valence-electron chi connectivity index (χ4n) is 1.69. The zero-order chi connectivity index (χ0) is 15.4. The van der Waals surface area contributed by atoms with Crippen molar-refractivity contribution in [3.8, 4) is 16.9 Å². The van der Waals surface area contributed by atoms with E-state index in [1.54, 1.807) is 6.07 Å². The second-order valence-electron chi connectivity index (χ2n) is 4.18. The van der Waals surface area contributed by atoms with Gasteiger partial charge in [0, 0.05) is 11.8 Å². The molecule has 1 aromatic heterocycles. The minimum absolute atomic E-state index is 0. The van der Waals surface area contributed by atoms with Crippen LogP contribution >= 0.6 is 0 Å². The SMILES string of the molecule is N.O=C(O)CNC(=O)c1ncc(-c2cccc(F)c2)cc1O. The molecule has 0 saturated heterocycles. The van der Waals surface area contributed by atoms with Crippen LogP contribution in [-0.4, -0.2) is 33.6 Å². The number of aromatic nitrogens is 1. The largest absolute Gasteiger partial charge is 0.505 e. The third-order valence-electron chi connectivity index (χ3n) is 2.64. The number of pyridine rings is 1. The highest BCUT2D eigenvalue weighted by molar-refractivity contribution is 5.96. The Labute approximate surface area is 125 Å². The van der Waals surface area contributed by atoms with Gasteiger partial charge in [0.1, 0.15) is 18.1 Å². The number of carboxylic acids is 1. The minimum atomic E-state index is -1.21. The molecule has 2 aromatic rings. The molecule has 0 atom stereocenters. The van der Waals surface area contributed by atoms with Gasteiger partial charge in [-0.1, -0.05) is 12.1 Å². The van der Waals surface area contributed by atoms with Crippen LogP contribution in [0, 0.1) is 5.82 Å². The molecule has 22 heavy (non-hydrogen) atoms. The van der Waals surface area contributed by atoms with Crippen LogP contribution in [0.25, 0.3) is 11.1 Å². The Balaban J connectivity index is 0.00000242. The number of aromatic hydroxyl groups is 1. The quantitative estimate of drug-likeness (QED) is 0.677. The van der Waals surface area contributed by atoms with Gasteiger partial charge >= 0.3 is 5.97 Å². The molecular weight excluding hydrogens is 293 g/mol. The first kappa shape index (κ1) is 17.1. The van der Waals surface area contributed by atoms with Crippen LogP contribution in [0.15, 0.2) is 36.5 Å². The maximum atomic E-state index is 13.1. The van der Waals surface area contributed by atoms with E-state index in [-0.39, 0.29) is 11.8 Å². The van der Waals surface area contributed by atoms with Crippen molar-refractivity contribution in [2.75, 3.05) is 6.54 Å². The van der Waals surface area contributed by atoms with Crippen molar-refractivity contribution in [3.05, 3.63) is 48.0 Å². The summed E-state index contributed by atoms with van der Waals surface area (Å²) in [5, 5.41) is 20.3. The number of nitrogens with one attached hydrogen (secondary N) is 1. The molecule has 8 heteroatoms. The molecular formula is C14H14FN3O4. The van der Waals surface area contributed by atoms with Crippen molar-refractivity contribution in [3.63, 3.8) is 0 Å². The summed E-state index contributed by atoms with van der Waals surface area (Å²) < 4.78 is 13.1. The van der Waals surface area contributed by atoms with Crippen molar-refractivity contribution in [1.29, 1.82) is 0 Å². The van der Waals surface area contributed by atoms with E-state index in [4.69, 9.17) is 5.11 Å². The lowest BCUT2D eigenvalue weighted by molar-refractivity contribution is -0.135. The van der Waals surface area contributed by atoms with Gasteiger partial charge in [0.2, 0.25) is 0 Å². The number of carbonyl (C=O) groups is 2. The van der Waals surface area contributed by atoms with Gasteiger partial charge in [-0.15, -0.1) is 0 Å². The topological polar surface area (TPSA) is 135 Å². The zero-order valence-electron chi connectivity index (χ0n) is 11.4. The highest BCUT2D eigenvalue weighted by Gasteiger charge is 2.14. The maximum absolute atomic E-state index is 13.1. The number of hydrogen-bond acceptors (Lipinski definition) is 5. The summed E-state index contributed by atoms with van der Waals surface area (Å²) in [7, 11) is 0. The smallest absolute Gasteiger partial charge is 0.322 e. The Morgan fingerprint density at radius 1 is 1.23 bits per heavy atom. The summed E-state index contributed by atoms with van der Waals surface area (Å²) in [6, 6.07) is 6.95. The van der Waals surface area contributed by atoms with Gasteiger partial charge in [0.15, 0.2) is 5.69 Å². The van der Waals surface area contributed by atoms with Crippen molar-refractivity contribution >= 4 is 11.9 Å². The summed E-state index contributed by atoms with van der Waals surface area (Å²) >= 11 is 0. The Morgan fingerprint density at radius 3 is 2.55 bits per heavy atom. The molecule has 1 heterocycles. The van der Waals surface area contributed by atoms with E-state index in [1.807, 2.05) is 0 Å². The Bertz CT molecular complexity index is 706. The number of rotatable bonds is 4. The summed E-state index contributed by atoms with van der Waals surface area (Å²) in [6.07, 6.45) is 1.30. The summed E-state index contributed by atoms with van der Waals surface area (Å²) in [4.78, 5) is 25.8. The first-order chi connectivity index (χ1) is 9.97. The number of halogens is 1. The van der Waals surface area contributed by atoms with Crippen LogP contribution in [0.5, 0.6) is 5.75 Å². The fourth-order valence-corrected chi connectivity index (χ4v) is 1.69. The molecule has 7 nitrogen and oxygen atoms in total. The van der Waals surface area contributed by atoms with E-state index in [0.717, 1.165) is 0 Å². The molecule has 0 unspecified atom stereocenters. The van der Waals surface area contributed by atoms with Crippen molar-refractivity contribution < 1.29 is 24.2 Å². The first-order valence-electron chi connectivity index (χ1n) is 5.92. The lowest BCUT2D eigenvalue weighted by Gasteiger charge is -2.07.